The number of pyridine rings is 1. The molecule has 3 rings (SSSR count). The van der Waals surface area contributed by atoms with E-state index in [1.807, 2.05) is 18.3 Å². The minimum Gasteiger partial charge on any atom is -0.372 e. The van der Waals surface area contributed by atoms with E-state index in [-0.39, 0.29) is 18.2 Å². The van der Waals surface area contributed by atoms with E-state index in [9.17, 15) is 4.79 Å². The minimum absolute atomic E-state index is 0.123. The summed E-state index contributed by atoms with van der Waals surface area (Å²) < 4.78 is 5.78. The summed E-state index contributed by atoms with van der Waals surface area (Å²) in [6, 6.07) is 4.61. The summed E-state index contributed by atoms with van der Waals surface area (Å²) >= 11 is 0. The number of urea groups is 1. The molecular weight excluding hydrogens is 366 g/mol. The van der Waals surface area contributed by atoms with E-state index in [4.69, 9.17) is 4.74 Å². The third-order valence-corrected chi connectivity index (χ3v) is 5.68. The van der Waals surface area contributed by atoms with Crippen LogP contribution in [0.1, 0.15) is 57.9 Å². The number of rotatable bonds is 8. The van der Waals surface area contributed by atoms with Gasteiger partial charge in [0.15, 0.2) is 0 Å². The van der Waals surface area contributed by atoms with Crippen LogP contribution in [0.25, 0.3) is 0 Å². The Balaban J connectivity index is 1.29. The summed E-state index contributed by atoms with van der Waals surface area (Å²) in [5, 5.41) is 9.44. The van der Waals surface area contributed by atoms with Gasteiger partial charge < -0.3 is 25.6 Å². The maximum Gasteiger partial charge on any atom is 0.315 e. The molecule has 1 aliphatic carbocycles. The number of carbonyl (C=O) groups is 1. The molecule has 0 radical (unpaired) electrons. The van der Waals surface area contributed by atoms with E-state index in [0.717, 1.165) is 37.4 Å². The molecule has 7 heteroatoms. The van der Waals surface area contributed by atoms with Crippen molar-refractivity contribution in [1.82, 2.24) is 20.9 Å². The molecular formula is C22H37N5O2. The molecule has 2 atom stereocenters. The fourth-order valence-corrected chi connectivity index (χ4v) is 4.22. The second kappa shape index (κ2) is 11.4. The van der Waals surface area contributed by atoms with Crippen LogP contribution in [0.3, 0.4) is 0 Å². The number of nitrogens with zero attached hydrogens (tertiary/aromatic N) is 2. The van der Waals surface area contributed by atoms with Crippen molar-refractivity contribution in [1.29, 1.82) is 0 Å². The van der Waals surface area contributed by atoms with E-state index in [2.05, 4.69) is 39.7 Å². The number of aromatic nitrogens is 1. The molecule has 1 aromatic rings. The number of ether oxygens (including phenoxy) is 1. The highest BCUT2D eigenvalue weighted by atomic mass is 16.5. The number of amides is 2. The smallest absolute Gasteiger partial charge is 0.315 e. The topological polar surface area (TPSA) is 78.5 Å². The van der Waals surface area contributed by atoms with Gasteiger partial charge in [0.25, 0.3) is 0 Å². The second-order valence-electron chi connectivity index (χ2n) is 8.44. The fraction of sp³-hybridized carbons (Fsp3) is 0.727. The Morgan fingerprint density at radius 3 is 2.55 bits per heavy atom. The van der Waals surface area contributed by atoms with Crippen LogP contribution in [-0.2, 0) is 11.3 Å². The van der Waals surface area contributed by atoms with Crippen molar-refractivity contribution in [3.63, 3.8) is 0 Å². The molecule has 2 aliphatic rings. The molecule has 0 bridgehead atoms. The molecule has 2 heterocycles. The maximum absolute atomic E-state index is 12.0. The molecule has 1 aromatic heterocycles. The van der Waals surface area contributed by atoms with Crippen LogP contribution in [0.15, 0.2) is 18.3 Å². The monoisotopic (exact) mass is 403 g/mol. The number of hydrogen-bond acceptors (Lipinski definition) is 5. The molecule has 29 heavy (non-hydrogen) atoms. The first kappa shape index (κ1) is 21.8. The first-order valence-electron chi connectivity index (χ1n) is 11.2. The second-order valence-corrected chi connectivity index (χ2v) is 8.44. The average molecular weight is 404 g/mol. The summed E-state index contributed by atoms with van der Waals surface area (Å²) in [6.45, 7) is 8.03. The van der Waals surface area contributed by atoms with Gasteiger partial charge in [-0.05, 0) is 51.3 Å². The van der Waals surface area contributed by atoms with Crippen molar-refractivity contribution in [3.05, 3.63) is 23.9 Å². The summed E-state index contributed by atoms with van der Waals surface area (Å²) in [7, 11) is 0. The van der Waals surface area contributed by atoms with Crippen LogP contribution in [0.4, 0.5) is 10.6 Å². The number of hydrogen-bond donors (Lipinski definition) is 3. The van der Waals surface area contributed by atoms with Crippen molar-refractivity contribution in [2.75, 3.05) is 31.1 Å². The molecule has 2 amide bonds. The number of anilines is 1. The highest BCUT2D eigenvalue weighted by molar-refractivity contribution is 5.73. The summed E-state index contributed by atoms with van der Waals surface area (Å²) in [4.78, 5) is 18.8. The van der Waals surface area contributed by atoms with Gasteiger partial charge in [0.1, 0.15) is 5.82 Å². The van der Waals surface area contributed by atoms with Gasteiger partial charge in [0.05, 0.1) is 12.2 Å². The van der Waals surface area contributed by atoms with Gasteiger partial charge in [-0.3, -0.25) is 0 Å². The summed E-state index contributed by atoms with van der Waals surface area (Å²) in [6.07, 6.45) is 9.88. The third-order valence-electron chi connectivity index (χ3n) is 5.68. The van der Waals surface area contributed by atoms with Gasteiger partial charge in [0.2, 0.25) is 0 Å². The zero-order valence-corrected chi connectivity index (χ0v) is 18.0. The summed E-state index contributed by atoms with van der Waals surface area (Å²) in [5.41, 5.74) is 0.997. The highest BCUT2D eigenvalue weighted by Gasteiger charge is 2.23. The Morgan fingerprint density at radius 2 is 1.86 bits per heavy atom. The minimum atomic E-state index is -0.123. The molecule has 0 aromatic carbocycles. The quantitative estimate of drug-likeness (QED) is 0.582. The van der Waals surface area contributed by atoms with E-state index in [1.165, 1.54) is 32.1 Å². The van der Waals surface area contributed by atoms with Crippen molar-refractivity contribution in [2.45, 2.75) is 77.2 Å². The Hall–Kier alpha value is -1.86. The van der Waals surface area contributed by atoms with Crippen LogP contribution >= 0.6 is 0 Å². The first-order chi connectivity index (χ1) is 14.1. The van der Waals surface area contributed by atoms with Crippen molar-refractivity contribution in [3.8, 4) is 0 Å². The molecule has 2 fully saturated rings. The molecule has 2 unspecified atom stereocenters. The van der Waals surface area contributed by atoms with Crippen LogP contribution in [-0.4, -0.2) is 55.4 Å². The normalized spacial score (nSPS) is 23.0. The van der Waals surface area contributed by atoms with Crippen molar-refractivity contribution < 1.29 is 9.53 Å². The van der Waals surface area contributed by atoms with Gasteiger partial charge in [-0.2, -0.15) is 0 Å². The molecule has 7 nitrogen and oxygen atoms in total. The predicted octanol–water partition coefficient (Wildman–Crippen LogP) is 2.81. The van der Waals surface area contributed by atoms with Crippen LogP contribution in [0, 0.1) is 0 Å². The van der Waals surface area contributed by atoms with Crippen molar-refractivity contribution >= 4 is 11.8 Å². The fourth-order valence-electron chi connectivity index (χ4n) is 4.22. The average Bonchev–Trinajstić information content (AvgIpc) is 2.72. The Bertz CT molecular complexity index is 608. The molecule has 0 spiro atoms. The van der Waals surface area contributed by atoms with Crippen LogP contribution in [0.5, 0.6) is 0 Å². The number of carbonyl (C=O) groups excluding carboxylic acids is 1. The predicted molar refractivity (Wildman–Crippen MR) is 116 cm³/mol. The number of nitrogens with one attached hydrogen (secondary N) is 3. The maximum atomic E-state index is 12.0. The lowest BCUT2D eigenvalue weighted by Gasteiger charge is -2.36. The van der Waals surface area contributed by atoms with E-state index in [1.54, 1.807) is 0 Å². The highest BCUT2D eigenvalue weighted by Crippen LogP contribution is 2.18. The lowest BCUT2D eigenvalue weighted by Crippen LogP contribution is -2.45. The number of morpholine rings is 1. The van der Waals surface area contributed by atoms with Gasteiger partial charge >= 0.3 is 6.03 Å². The molecule has 1 aliphatic heterocycles. The molecule has 162 valence electrons. The largest absolute Gasteiger partial charge is 0.372 e. The molecule has 1 saturated heterocycles. The van der Waals surface area contributed by atoms with Gasteiger partial charge in [0, 0.05) is 38.4 Å². The molecule has 1 saturated carbocycles. The Kier molecular flexibility index (Phi) is 8.55. The van der Waals surface area contributed by atoms with E-state index in [0.29, 0.717) is 19.1 Å². The van der Waals surface area contributed by atoms with E-state index >= 15 is 0 Å². The van der Waals surface area contributed by atoms with E-state index < -0.39 is 0 Å². The van der Waals surface area contributed by atoms with Crippen LogP contribution in [0.2, 0.25) is 0 Å². The van der Waals surface area contributed by atoms with Gasteiger partial charge in [-0.15, -0.1) is 0 Å². The summed E-state index contributed by atoms with van der Waals surface area (Å²) in [5.74, 6) is 0.964. The Morgan fingerprint density at radius 1 is 1.10 bits per heavy atom. The van der Waals surface area contributed by atoms with Crippen molar-refractivity contribution in [2.24, 2.45) is 0 Å². The SMILES string of the molecule is CC1CN(c2ccc(CNC(=O)NCCCNC3CCCCC3)cn2)CC(C)O1. The Labute approximate surface area is 175 Å². The standard InChI is InChI=1S/C22H37N5O2/c1-17-15-27(16-18(2)29-17)21-10-9-19(13-25-21)14-26-22(28)24-12-6-11-23-20-7-4-3-5-8-20/h9-10,13,17-18,20,23H,3-8,11-12,14-16H2,1-2H3,(H2,24,26,28). The lowest BCUT2D eigenvalue weighted by atomic mass is 9.95. The first-order valence-corrected chi connectivity index (χ1v) is 11.2. The van der Waals surface area contributed by atoms with Gasteiger partial charge in [-0.25, -0.2) is 9.78 Å². The molecule has 3 N–H and O–H groups in total. The van der Waals surface area contributed by atoms with Gasteiger partial charge in [-0.1, -0.05) is 25.3 Å². The zero-order chi connectivity index (χ0) is 20.5. The lowest BCUT2D eigenvalue weighted by molar-refractivity contribution is -0.00546. The van der Waals surface area contributed by atoms with Crippen LogP contribution < -0.4 is 20.9 Å². The zero-order valence-electron chi connectivity index (χ0n) is 18.0. The third kappa shape index (κ3) is 7.48.